The highest BCUT2D eigenvalue weighted by Crippen LogP contribution is 2.28. The predicted molar refractivity (Wildman–Crippen MR) is 70.5 cm³/mol. The lowest BCUT2D eigenvalue weighted by atomic mass is 10.1. The lowest BCUT2D eigenvalue weighted by Gasteiger charge is -2.15. The van der Waals surface area contributed by atoms with E-state index in [0.29, 0.717) is 19.1 Å². The topological polar surface area (TPSA) is 44.5 Å². The molecule has 96 valence electrons. The van der Waals surface area contributed by atoms with Gasteiger partial charge in [0.15, 0.2) is 11.5 Å². The average molecular weight is 237 g/mol. The van der Waals surface area contributed by atoms with Crippen molar-refractivity contribution >= 4 is 0 Å². The third-order valence-electron chi connectivity index (χ3n) is 2.76. The molecule has 2 N–H and O–H groups in total. The number of rotatable bonds is 7. The molecule has 1 aromatic rings. The standard InChI is InChI=1S/C14H23NO2/c1-4-11(3)10-17-13-7-6-12(9-15)8-14(13)16-5-2/h6-8,11H,4-5,9-10,15H2,1-3H3. The summed E-state index contributed by atoms with van der Waals surface area (Å²) in [5.41, 5.74) is 6.67. The molecule has 3 heteroatoms. The van der Waals surface area contributed by atoms with Crippen molar-refractivity contribution in [2.24, 2.45) is 11.7 Å². The number of benzene rings is 1. The van der Waals surface area contributed by atoms with Crippen LogP contribution in [0.1, 0.15) is 32.8 Å². The smallest absolute Gasteiger partial charge is 0.161 e. The Morgan fingerprint density at radius 2 is 1.94 bits per heavy atom. The van der Waals surface area contributed by atoms with Gasteiger partial charge in [-0.05, 0) is 30.5 Å². The molecular weight excluding hydrogens is 214 g/mol. The molecular formula is C14H23NO2. The first-order valence-corrected chi connectivity index (χ1v) is 6.29. The molecule has 1 aromatic carbocycles. The lowest BCUT2D eigenvalue weighted by molar-refractivity contribution is 0.237. The molecule has 0 heterocycles. The monoisotopic (exact) mass is 237 g/mol. The van der Waals surface area contributed by atoms with Crippen LogP contribution in [0.5, 0.6) is 11.5 Å². The number of hydrogen-bond acceptors (Lipinski definition) is 3. The molecule has 17 heavy (non-hydrogen) atoms. The Bertz CT molecular complexity index is 339. The molecule has 0 aliphatic carbocycles. The van der Waals surface area contributed by atoms with Gasteiger partial charge in [0.25, 0.3) is 0 Å². The SMILES string of the molecule is CCOc1cc(CN)ccc1OCC(C)CC. The van der Waals surface area contributed by atoms with Gasteiger partial charge in [-0.2, -0.15) is 0 Å². The Morgan fingerprint density at radius 1 is 1.18 bits per heavy atom. The normalized spacial score (nSPS) is 12.2. The fraction of sp³-hybridized carbons (Fsp3) is 0.571. The highest BCUT2D eigenvalue weighted by atomic mass is 16.5. The summed E-state index contributed by atoms with van der Waals surface area (Å²) in [6.45, 7) is 8.18. The van der Waals surface area contributed by atoms with E-state index in [1.165, 1.54) is 0 Å². The van der Waals surface area contributed by atoms with E-state index in [4.69, 9.17) is 15.2 Å². The van der Waals surface area contributed by atoms with Crippen LogP contribution in [0, 0.1) is 5.92 Å². The summed E-state index contributed by atoms with van der Waals surface area (Å²) in [6.07, 6.45) is 1.12. The number of nitrogens with two attached hydrogens (primary N) is 1. The van der Waals surface area contributed by atoms with E-state index >= 15 is 0 Å². The molecule has 0 saturated heterocycles. The Labute approximate surface area is 104 Å². The van der Waals surface area contributed by atoms with Crippen molar-refractivity contribution < 1.29 is 9.47 Å². The third kappa shape index (κ3) is 4.27. The molecule has 0 amide bonds. The minimum atomic E-state index is 0.520. The van der Waals surface area contributed by atoms with Crippen molar-refractivity contribution in [1.29, 1.82) is 0 Å². The van der Waals surface area contributed by atoms with Gasteiger partial charge >= 0.3 is 0 Å². The van der Waals surface area contributed by atoms with Crippen molar-refractivity contribution in [1.82, 2.24) is 0 Å². The molecule has 1 rings (SSSR count). The van der Waals surface area contributed by atoms with Crippen LogP contribution >= 0.6 is 0 Å². The van der Waals surface area contributed by atoms with Crippen molar-refractivity contribution in [2.75, 3.05) is 13.2 Å². The highest BCUT2D eigenvalue weighted by molar-refractivity contribution is 5.43. The van der Waals surface area contributed by atoms with Crippen LogP contribution in [0.3, 0.4) is 0 Å². The second-order valence-electron chi connectivity index (χ2n) is 4.24. The van der Waals surface area contributed by atoms with Gasteiger partial charge < -0.3 is 15.2 Å². The Morgan fingerprint density at radius 3 is 2.53 bits per heavy atom. The average Bonchev–Trinajstić information content (AvgIpc) is 2.37. The van der Waals surface area contributed by atoms with Crippen molar-refractivity contribution in [3.05, 3.63) is 23.8 Å². The summed E-state index contributed by atoms with van der Waals surface area (Å²) in [4.78, 5) is 0. The molecule has 0 fully saturated rings. The van der Waals surface area contributed by atoms with Crippen molar-refractivity contribution in [3.8, 4) is 11.5 Å². The van der Waals surface area contributed by atoms with Gasteiger partial charge in [-0.15, -0.1) is 0 Å². The van der Waals surface area contributed by atoms with Crippen LogP contribution in [0.4, 0.5) is 0 Å². The van der Waals surface area contributed by atoms with Gasteiger partial charge in [-0.25, -0.2) is 0 Å². The minimum Gasteiger partial charge on any atom is -0.490 e. The van der Waals surface area contributed by atoms with Gasteiger partial charge in [0.1, 0.15) is 0 Å². The fourth-order valence-electron chi connectivity index (χ4n) is 1.42. The molecule has 0 aliphatic rings. The maximum absolute atomic E-state index is 5.78. The first-order valence-electron chi connectivity index (χ1n) is 6.29. The minimum absolute atomic E-state index is 0.520. The zero-order chi connectivity index (χ0) is 12.7. The molecule has 3 nitrogen and oxygen atoms in total. The molecule has 0 spiro atoms. The van der Waals surface area contributed by atoms with Crippen LogP contribution < -0.4 is 15.2 Å². The number of hydrogen-bond donors (Lipinski definition) is 1. The van der Waals surface area contributed by atoms with Crippen LogP contribution in [-0.2, 0) is 6.54 Å². The largest absolute Gasteiger partial charge is 0.490 e. The summed E-state index contributed by atoms with van der Waals surface area (Å²) in [5.74, 6) is 2.15. The quantitative estimate of drug-likeness (QED) is 0.793. The predicted octanol–water partition coefficient (Wildman–Crippen LogP) is 2.97. The van der Waals surface area contributed by atoms with E-state index in [0.717, 1.165) is 30.1 Å². The van der Waals surface area contributed by atoms with E-state index in [1.54, 1.807) is 0 Å². The molecule has 1 atom stereocenters. The molecule has 0 aliphatic heterocycles. The van der Waals surface area contributed by atoms with Crippen LogP contribution in [0.15, 0.2) is 18.2 Å². The summed E-state index contributed by atoms with van der Waals surface area (Å²) >= 11 is 0. The third-order valence-corrected chi connectivity index (χ3v) is 2.76. The first-order chi connectivity index (χ1) is 8.21. The van der Waals surface area contributed by atoms with E-state index in [1.807, 2.05) is 25.1 Å². The van der Waals surface area contributed by atoms with Crippen molar-refractivity contribution in [3.63, 3.8) is 0 Å². The highest BCUT2D eigenvalue weighted by Gasteiger charge is 2.07. The van der Waals surface area contributed by atoms with E-state index < -0.39 is 0 Å². The first kappa shape index (κ1) is 13.8. The second-order valence-corrected chi connectivity index (χ2v) is 4.24. The number of ether oxygens (including phenoxy) is 2. The summed E-state index contributed by atoms with van der Waals surface area (Å²) < 4.78 is 11.3. The fourth-order valence-corrected chi connectivity index (χ4v) is 1.42. The van der Waals surface area contributed by atoms with Crippen LogP contribution in [0.2, 0.25) is 0 Å². The zero-order valence-electron chi connectivity index (χ0n) is 11.0. The molecule has 0 bridgehead atoms. The molecule has 1 unspecified atom stereocenters. The van der Waals surface area contributed by atoms with Crippen molar-refractivity contribution in [2.45, 2.75) is 33.7 Å². The van der Waals surface area contributed by atoms with E-state index in [2.05, 4.69) is 13.8 Å². The molecule has 0 aromatic heterocycles. The molecule has 0 saturated carbocycles. The lowest BCUT2D eigenvalue weighted by Crippen LogP contribution is -2.09. The summed E-state index contributed by atoms with van der Waals surface area (Å²) in [7, 11) is 0. The van der Waals surface area contributed by atoms with Gasteiger partial charge in [0.2, 0.25) is 0 Å². The van der Waals surface area contributed by atoms with E-state index in [-0.39, 0.29) is 0 Å². The van der Waals surface area contributed by atoms with Gasteiger partial charge in [0.05, 0.1) is 13.2 Å². The Kier molecular flexibility index (Phi) is 5.84. The maximum Gasteiger partial charge on any atom is 0.161 e. The maximum atomic E-state index is 5.78. The van der Waals surface area contributed by atoms with Gasteiger partial charge in [-0.3, -0.25) is 0 Å². The molecule has 0 radical (unpaired) electrons. The summed E-state index contributed by atoms with van der Waals surface area (Å²) in [5, 5.41) is 0. The van der Waals surface area contributed by atoms with E-state index in [9.17, 15) is 0 Å². The van der Waals surface area contributed by atoms with Gasteiger partial charge in [-0.1, -0.05) is 26.3 Å². The van der Waals surface area contributed by atoms with Crippen LogP contribution in [0.25, 0.3) is 0 Å². The zero-order valence-corrected chi connectivity index (χ0v) is 11.0. The second kappa shape index (κ2) is 7.17. The van der Waals surface area contributed by atoms with Crippen LogP contribution in [-0.4, -0.2) is 13.2 Å². The Balaban J connectivity index is 2.75. The summed E-state index contributed by atoms with van der Waals surface area (Å²) in [6, 6.07) is 5.87. The van der Waals surface area contributed by atoms with Gasteiger partial charge in [0, 0.05) is 6.54 Å². The Hall–Kier alpha value is -1.22.